The van der Waals surface area contributed by atoms with E-state index >= 15 is 0 Å². The molecule has 108 valence electrons. The Labute approximate surface area is 90.5 Å². The Morgan fingerprint density at radius 3 is 1.33 bits per heavy atom. The third-order valence-corrected chi connectivity index (χ3v) is 2.08. The lowest BCUT2D eigenvalue weighted by molar-refractivity contribution is -0.410. The number of epoxide rings is 1. The molecule has 0 bridgehead atoms. The van der Waals surface area contributed by atoms with Crippen molar-refractivity contribution in [3.63, 3.8) is 0 Å². The van der Waals surface area contributed by atoms with Crippen LogP contribution in [0.2, 0.25) is 0 Å². The Kier molecular flexibility index (Phi) is 2.87. The number of halogens is 11. The van der Waals surface area contributed by atoms with E-state index in [9.17, 15) is 48.3 Å². The number of ether oxygens (including phenoxy) is 1. The molecular formula is C6HF11O. The van der Waals surface area contributed by atoms with Crippen molar-refractivity contribution in [2.45, 2.75) is 36.2 Å². The zero-order valence-corrected chi connectivity index (χ0v) is 7.64. The molecule has 0 amide bonds. The fraction of sp³-hybridized carbons (Fsp3) is 1.00. The highest BCUT2D eigenvalue weighted by Crippen LogP contribution is 2.62. The Bertz CT molecular complexity index is 346. The average molecular weight is 298 g/mol. The van der Waals surface area contributed by atoms with Crippen LogP contribution in [0.25, 0.3) is 0 Å². The summed E-state index contributed by atoms with van der Waals surface area (Å²) in [5.41, 5.74) is 0. The first kappa shape index (κ1) is 15.2. The Hall–Kier alpha value is -0.810. The van der Waals surface area contributed by atoms with Gasteiger partial charge in [0.05, 0.1) is 0 Å². The van der Waals surface area contributed by atoms with Crippen molar-refractivity contribution in [1.82, 2.24) is 0 Å². The summed E-state index contributed by atoms with van der Waals surface area (Å²) in [7, 11) is 0. The minimum absolute atomic E-state index is 2.70. The van der Waals surface area contributed by atoms with Gasteiger partial charge in [0.2, 0.25) is 0 Å². The van der Waals surface area contributed by atoms with Crippen LogP contribution in [0, 0.1) is 0 Å². The standard InChI is InChI=1S/C6HF11O/c7-1-2(8,18-1)3(9,10)4(11,12)5(13,14)6(15,16)17/h1H/t1-,2+/m1/s1. The van der Waals surface area contributed by atoms with Crippen molar-refractivity contribution in [3.8, 4) is 0 Å². The van der Waals surface area contributed by atoms with Gasteiger partial charge < -0.3 is 0 Å². The van der Waals surface area contributed by atoms with Crippen LogP contribution >= 0.6 is 0 Å². The highest BCUT2D eigenvalue weighted by molar-refractivity contribution is 5.12. The summed E-state index contributed by atoms with van der Waals surface area (Å²) in [4.78, 5) is 0. The molecule has 0 spiro atoms. The number of alkyl halides is 11. The zero-order valence-electron chi connectivity index (χ0n) is 7.64. The topological polar surface area (TPSA) is 12.5 Å². The molecule has 12 heteroatoms. The van der Waals surface area contributed by atoms with E-state index in [0.717, 1.165) is 0 Å². The predicted molar refractivity (Wildman–Crippen MR) is 30.7 cm³/mol. The predicted octanol–water partition coefficient (Wildman–Crippen LogP) is 3.45. The van der Waals surface area contributed by atoms with Crippen LogP contribution < -0.4 is 0 Å². The van der Waals surface area contributed by atoms with Crippen molar-refractivity contribution in [3.05, 3.63) is 0 Å². The molecule has 0 aromatic heterocycles. The summed E-state index contributed by atoms with van der Waals surface area (Å²) >= 11 is 0. The minimum atomic E-state index is -7.27. The van der Waals surface area contributed by atoms with Crippen molar-refractivity contribution >= 4 is 0 Å². The zero-order chi connectivity index (χ0) is 14.8. The van der Waals surface area contributed by atoms with E-state index in [0.29, 0.717) is 0 Å². The summed E-state index contributed by atoms with van der Waals surface area (Å²) in [6, 6.07) is 0. The Morgan fingerprint density at radius 2 is 1.11 bits per heavy atom. The largest absolute Gasteiger partial charge is 0.460 e. The molecule has 1 fully saturated rings. The van der Waals surface area contributed by atoms with Crippen molar-refractivity contribution in [1.29, 1.82) is 0 Å². The van der Waals surface area contributed by atoms with Crippen LogP contribution in [0.4, 0.5) is 48.3 Å². The summed E-state index contributed by atoms with van der Waals surface area (Å²) in [6.45, 7) is 0. The van der Waals surface area contributed by atoms with Gasteiger partial charge in [0, 0.05) is 0 Å². The number of hydrogen-bond donors (Lipinski definition) is 0. The molecule has 0 aromatic carbocycles. The van der Waals surface area contributed by atoms with E-state index < -0.39 is 36.2 Å². The van der Waals surface area contributed by atoms with Crippen LogP contribution in [-0.2, 0) is 4.74 Å². The summed E-state index contributed by atoms with van der Waals surface area (Å²) < 4.78 is 136. The van der Waals surface area contributed by atoms with E-state index in [4.69, 9.17) is 0 Å². The molecule has 1 nitrogen and oxygen atoms in total. The fourth-order valence-electron chi connectivity index (χ4n) is 0.922. The van der Waals surface area contributed by atoms with Crippen molar-refractivity contribution < 1.29 is 53.0 Å². The van der Waals surface area contributed by atoms with Gasteiger partial charge in [-0.15, -0.1) is 0 Å². The van der Waals surface area contributed by atoms with E-state index in [2.05, 4.69) is 4.74 Å². The SMILES string of the molecule is F[C@@H]1O[C@]1(F)C(F)(F)C(F)(F)C(F)(F)C(F)(F)F. The molecular weight excluding hydrogens is 297 g/mol. The molecule has 0 aliphatic carbocycles. The van der Waals surface area contributed by atoms with Gasteiger partial charge in [0.1, 0.15) is 0 Å². The summed E-state index contributed by atoms with van der Waals surface area (Å²) in [5, 5.41) is 0. The molecule has 0 saturated carbocycles. The van der Waals surface area contributed by atoms with Crippen LogP contribution in [0.1, 0.15) is 0 Å². The lowest BCUT2D eigenvalue weighted by Gasteiger charge is -2.33. The molecule has 1 heterocycles. The summed E-state index contributed by atoms with van der Waals surface area (Å²) in [5.74, 6) is -26.4. The molecule has 0 unspecified atom stereocenters. The van der Waals surface area contributed by atoms with E-state index in [1.54, 1.807) is 0 Å². The Balaban J connectivity index is 3.22. The highest BCUT2D eigenvalue weighted by Gasteiger charge is 2.92. The first-order chi connectivity index (χ1) is 7.63. The van der Waals surface area contributed by atoms with Crippen LogP contribution in [0.15, 0.2) is 0 Å². The quantitative estimate of drug-likeness (QED) is 0.574. The maximum Gasteiger partial charge on any atom is 0.460 e. The molecule has 1 aliphatic heterocycles. The van der Waals surface area contributed by atoms with Crippen molar-refractivity contribution in [2.24, 2.45) is 0 Å². The molecule has 1 saturated heterocycles. The highest BCUT2D eigenvalue weighted by atomic mass is 19.4. The smallest absolute Gasteiger partial charge is 0.296 e. The van der Waals surface area contributed by atoms with Gasteiger partial charge in [-0.3, -0.25) is 4.74 Å². The molecule has 1 rings (SSSR count). The normalized spacial score (nSPS) is 30.5. The van der Waals surface area contributed by atoms with Gasteiger partial charge in [-0.1, -0.05) is 0 Å². The summed E-state index contributed by atoms with van der Waals surface area (Å²) in [6.07, 6.45) is -10.8. The van der Waals surface area contributed by atoms with E-state index in [1.807, 2.05) is 0 Å². The maximum absolute atomic E-state index is 12.6. The minimum Gasteiger partial charge on any atom is -0.296 e. The van der Waals surface area contributed by atoms with Gasteiger partial charge in [-0.05, 0) is 0 Å². The second-order valence-corrected chi connectivity index (χ2v) is 3.30. The fourth-order valence-corrected chi connectivity index (χ4v) is 0.922. The van der Waals surface area contributed by atoms with E-state index in [-0.39, 0.29) is 0 Å². The maximum atomic E-state index is 12.6. The first-order valence-corrected chi connectivity index (χ1v) is 3.84. The van der Waals surface area contributed by atoms with Gasteiger partial charge in [-0.2, -0.15) is 43.9 Å². The van der Waals surface area contributed by atoms with Gasteiger partial charge in [0.25, 0.3) is 6.36 Å². The second-order valence-electron chi connectivity index (χ2n) is 3.30. The first-order valence-electron chi connectivity index (χ1n) is 3.84. The Morgan fingerprint density at radius 1 is 0.778 bits per heavy atom. The van der Waals surface area contributed by atoms with Crippen LogP contribution in [-0.4, -0.2) is 36.2 Å². The lowest BCUT2D eigenvalue weighted by Crippen LogP contribution is -2.65. The molecule has 0 aromatic rings. The van der Waals surface area contributed by atoms with Gasteiger partial charge in [-0.25, -0.2) is 4.39 Å². The monoisotopic (exact) mass is 298 g/mol. The molecule has 0 radical (unpaired) electrons. The molecule has 18 heavy (non-hydrogen) atoms. The molecule has 2 atom stereocenters. The molecule has 0 N–H and O–H groups in total. The van der Waals surface area contributed by atoms with E-state index in [1.165, 1.54) is 0 Å². The number of rotatable bonds is 3. The second kappa shape index (κ2) is 3.39. The van der Waals surface area contributed by atoms with Gasteiger partial charge >= 0.3 is 29.8 Å². The van der Waals surface area contributed by atoms with Crippen LogP contribution in [0.3, 0.4) is 0 Å². The average Bonchev–Trinajstić information content (AvgIpc) is 2.73. The third kappa shape index (κ3) is 1.57. The van der Waals surface area contributed by atoms with Crippen LogP contribution in [0.5, 0.6) is 0 Å². The number of hydrogen-bond acceptors (Lipinski definition) is 1. The lowest BCUT2D eigenvalue weighted by atomic mass is 10.00. The molecule has 1 aliphatic rings. The van der Waals surface area contributed by atoms with Crippen molar-refractivity contribution in [2.75, 3.05) is 0 Å². The third-order valence-electron chi connectivity index (χ3n) is 2.08. The van der Waals surface area contributed by atoms with Gasteiger partial charge in [0.15, 0.2) is 0 Å².